The lowest BCUT2D eigenvalue weighted by Crippen LogP contribution is -2.43. The van der Waals surface area contributed by atoms with Crippen molar-refractivity contribution in [1.29, 1.82) is 0 Å². The van der Waals surface area contributed by atoms with Crippen LogP contribution < -0.4 is 10.5 Å². The van der Waals surface area contributed by atoms with Crippen LogP contribution in [0.2, 0.25) is 0 Å². The fourth-order valence-corrected chi connectivity index (χ4v) is 4.37. The topological polar surface area (TPSA) is 44.5 Å². The first-order chi connectivity index (χ1) is 9.67. The number of thioether (sulfide) groups is 1. The smallest absolute Gasteiger partial charge is 0.119 e. The van der Waals surface area contributed by atoms with E-state index in [2.05, 4.69) is 12.1 Å². The highest BCUT2D eigenvalue weighted by Crippen LogP contribution is 2.39. The normalized spacial score (nSPS) is 31.4. The molecule has 110 valence electrons. The zero-order chi connectivity index (χ0) is 14.0. The second kappa shape index (κ2) is 5.96. The summed E-state index contributed by atoms with van der Waals surface area (Å²) in [6.45, 7) is 2.82. The lowest BCUT2D eigenvalue weighted by Gasteiger charge is -2.37. The van der Waals surface area contributed by atoms with Gasteiger partial charge in [0.1, 0.15) is 11.9 Å². The molecule has 20 heavy (non-hydrogen) atoms. The molecule has 0 aromatic heterocycles. The van der Waals surface area contributed by atoms with E-state index in [9.17, 15) is 0 Å². The van der Waals surface area contributed by atoms with Crippen molar-refractivity contribution < 1.29 is 9.47 Å². The number of nitrogens with two attached hydrogens (primary N) is 1. The Kier molecular flexibility index (Phi) is 4.24. The Hall–Kier alpha value is -0.710. The molecule has 0 bridgehead atoms. The highest BCUT2D eigenvalue weighted by Gasteiger charge is 2.41. The molecule has 4 heteroatoms. The van der Waals surface area contributed by atoms with Crippen LogP contribution in [-0.4, -0.2) is 29.8 Å². The summed E-state index contributed by atoms with van der Waals surface area (Å²) in [5.74, 6) is 3.29. The van der Waals surface area contributed by atoms with Crippen LogP contribution in [0.25, 0.3) is 0 Å². The minimum atomic E-state index is 0.0749. The zero-order valence-electron chi connectivity index (χ0n) is 12.0. The molecule has 2 heterocycles. The molecular formula is C16H23NO2S. The van der Waals surface area contributed by atoms with Crippen molar-refractivity contribution in [3.8, 4) is 5.75 Å². The van der Waals surface area contributed by atoms with E-state index in [4.69, 9.17) is 15.2 Å². The molecule has 0 radical (unpaired) electrons. The molecule has 1 aromatic rings. The maximum Gasteiger partial charge on any atom is 0.119 e. The van der Waals surface area contributed by atoms with Crippen LogP contribution in [0.3, 0.4) is 0 Å². The Morgan fingerprint density at radius 3 is 2.85 bits per heavy atom. The molecule has 0 aliphatic carbocycles. The average Bonchev–Trinajstić information content (AvgIpc) is 2.87. The van der Waals surface area contributed by atoms with Gasteiger partial charge in [0.05, 0.1) is 12.2 Å². The van der Waals surface area contributed by atoms with E-state index in [1.54, 1.807) is 0 Å². The Morgan fingerprint density at radius 1 is 1.40 bits per heavy atom. The van der Waals surface area contributed by atoms with Gasteiger partial charge in [-0.15, -0.1) is 0 Å². The molecule has 3 nitrogen and oxygen atoms in total. The van der Waals surface area contributed by atoms with Crippen molar-refractivity contribution in [1.82, 2.24) is 0 Å². The monoisotopic (exact) mass is 293 g/mol. The van der Waals surface area contributed by atoms with E-state index in [0.717, 1.165) is 36.5 Å². The van der Waals surface area contributed by atoms with Crippen LogP contribution in [-0.2, 0) is 4.74 Å². The number of benzene rings is 1. The summed E-state index contributed by atoms with van der Waals surface area (Å²) in [6, 6.07) is 8.25. The molecule has 2 N–H and O–H groups in total. The van der Waals surface area contributed by atoms with Crippen LogP contribution in [0, 0.1) is 0 Å². The van der Waals surface area contributed by atoms with Gasteiger partial charge in [0, 0.05) is 24.6 Å². The summed E-state index contributed by atoms with van der Waals surface area (Å²) in [7, 11) is 0. The fourth-order valence-electron chi connectivity index (χ4n) is 2.99. The van der Waals surface area contributed by atoms with E-state index in [1.807, 2.05) is 30.8 Å². The molecule has 3 atom stereocenters. The van der Waals surface area contributed by atoms with E-state index in [0.29, 0.717) is 0 Å². The van der Waals surface area contributed by atoms with Crippen molar-refractivity contribution in [2.24, 2.45) is 5.73 Å². The van der Waals surface area contributed by atoms with Gasteiger partial charge in [0.2, 0.25) is 0 Å². The first-order valence-electron chi connectivity index (χ1n) is 7.41. The standard InChI is InChI=1S/C16H23NO2S/c1-12(17)13-2-4-14(5-3-13)19-15-6-8-18-16(10-15)7-9-20-11-16/h2-5,12,15H,6-11,17H2,1H3/t12-,15?,16?/m0/s1. The molecule has 0 saturated carbocycles. The van der Waals surface area contributed by atoms with Gasteiger partial charge in [-0.25, -0.2) is 0 Å². The van der Waals surface area contributed by atoms with Crippen LogP contribution in [0.15, 0.2) is 24.3 Å². The molecule has 3 rings (SSSR count). The fraction of sp³-hybridized carbons (Fsp3) is 0.625. The SMILES string of the molecule is C[C@H](N)c1ccc(OC2CCOC3(CCSC3)C2)cc1. The summed E-state index contributed by atoms with van der Waals surface area (Å²) in [5.41, 5.74) is 7.10. The lowest BCUT2D eigenvalue weighted by molar-refractivity contribution is -0.0958. The predicted molar refractivity (Wildman–Crippen MR) is 83.3 cm³/mol. The van der Waals surface area contributed by atoms with Crippen LogP contribution in [0.4, 0.5) is 0 Å². The predicted octanol–water partition coefficient (Wildman–Crippen LogP) is 3.14. The minimum absolute atomic E-state index is 0.0749. The Morgan fingerprint density at radius 2 is 2.20 bits per heavy atom. The highest BCUT2D eigenvalue weighted by atomic mass is 32.2. The quantitative estimate of drug-likeness (QED) is 0.930. The minimum Gasteiger partial charge on any atom is -0.490 e. The third-order valence-electron chi connectivity index (χ3n) is 4.22. The van der Waals surface area contributed by atoms with Crippen molar-refractivity contribution in [2.45, 2.75) is 43.9 Å². The summed E-state index contributed by atoms with van der Waals surface area (Å²) in [4.78, 5) is 0. The van der Waals surface area contributed by atoms with E-state index >= 15 is 0 Å². The van der Waals surface area contributed by atoms with E-state index in [1.165, 1.54) is 12.2 Å². The second-order valence-electron chi connectivity index (χ2n) is 5.92. The number of rotatable bonds is 3. The maximum atomic E-state index is 6.15. The van der Waals surface area contributed by atoms with E-state index in [-0.39, 0.29) is 17.7 Å². The van der Waals surface area contributed by atoms with Gasteiger partial charge in [-0.3, -0.25) is 0 Å². The third-order valence-corrected chi connectivity index (χ3v) is 5.45. The second-order valence-corrected chi connectivity index (χ2v) is 7.03. The van der Waals surface area contributed by atoms with Gasteiger partial charge in [0.25, 0.3) is 0 Å². The van der Waals surface area contributed by atoms with Crippen LogP contribution >= 0.6 is 11.8 Å². The van der Waals surface area contributed by atoms with Gasteiger partial charge in [0.15, 0.2) is 0 Å². The van der Waals surface area contributed by atoms with Crippen LogP contribution in [0.1, 0.15) is 37.8 Å². The molecule has 2 aliphatic heterocycles. The Labute approximate surface area is 125 Å². The molecule has 1 spiro atoms. The van der Waals surface area contributed by atoms with Gasteiger partial charge in [-0.2, -0.15) is 11.8 Å². The van der Waals surface area contributed by atoms with Crippen LogP contribution in [0.5, 0.6) is 5.75 Å². The van der Waals surface area contributed by atoms with E-state index < -0.39 is 0 Å². The molecule has 2 saturated heterocycles. The largest absolute Gasteiger partial charge is 0.490 e. The summed E-state index contributed by atoms with van der Waals surface area (Å²) >= 11 is 2.00. The Bertz CT molecular complexity index is 440. The maximum absolute atomic E-state index is 6.15. The average molecular weight is 293 g/mol. The summed E-state index contributed by atoms with van der Waals surface area (Å²) in [5, 5.41) is 0. The van der Waals surface area contributed by atoms with Crippen molar-refractivity contribution >= 4 is 11.8 Å². The zero-order valence-corrected chi connectivity index (χ0v) is 12.8. The molecule has 2 unspecified atom stereocenters. The van der Waals surface area contributed by atoms with Gasteiger partial charge in [-0.05, 0) is 36.8 Å². The number of hydrogen-bond acceptors (Lipinski definition) is 4. The first-order valence-corrected chi connectivity index (χ1v) is 8.56. The van der Waals surface area contributed by atoms with Crippen molar-refractivity contribution in [3.63, 3.8) is 0 Å². The third kappa shape index (κ3) is 3.13. The molecule has 1 aromatic carbocycles. The molecule has 2 fully saturated rings. The van der Waals surface area contributed by atoms with Crippen molar-refractivity contribution in [3.05, 3.63) is 29.8 Å². The summed E-state index contributed by atoms with van der Waals surface area (Å²) in [6.07, 6.45) is 3.46. The highest BCUT2D eigenvalue weighted by molar-refractivity contribution is 7.99. The molecule has 2 aliphatic rings. The Balaban J connectivity index is 1.62. The molecule has 0 amide bonds. The van der Waals surface area contributed by atoms with Gasteiger partial charge in [-0.1, -0.05) is 12.1 Å². The number of hydrogen-bond donors (Lipinski definition) is 1. The van der Waals surface area contributed by atoms with Gasteiger partial charge < -0.3 is 15.2 Å². The number of ether oxygens (including phenoxy) is 2. The lowest BCUT2D eigenvalue weighted by atomic mass is 9.91. The van der Waals surface area contributed by atoms with Gasteiger partial charge >= 0.3 is 0 Å². The first kappa shape index (κ1) is 14.2. The van der Waals surface area contributed by atoms with Crippen molar-refractivity contribution in [2.75, 3.05) is 18.1 Å². The molecular weight excluding hydrogens is 270 g/mol. The summed E-state index contributed by atoms with van der Waals surface area (Å²) < 4.78 is 12.2.